The Labute approximate surface area is 157 Å². The molecule has 3 aliphatic rings. The van der Waals surface area contributed by atoms with Crippen molar-refractivity contribution in [1.29, 1.82) is 0 Å². The van der Waals surface area contributed by atoms with Gasteiger partial charge in [0.2, 0.25) is 5.91 Å². The van der Waals surface area contributed by atoms with Crippen LogP contribution in [-0.2, 0) is 4.79 Å². The van der Waals surface area contributed by atoms with Crippen molar-refractivity contribution < 1.29 is 4.79 Å². The van der Waals surface area contributed by atoms with E-state index >= 15 is 0 Å². The molecule has 4 rings (SSSR count). The van der Waals surface area contributed by atoms with Crippen LogP contribution in [0.25, 0.3) is 0 Å². The van der Waals surface area contributed by atoms with Gasteiger partial charge in [-0.1, -0.05) is 32.1 Å². The summed E-state index contributed by atoms with van der Waals surface area (Å²) in [5.41, 5.74) is 1.19. The van der Waals surface area contributed by atoms with Gasteiger partial charge >= 0.3 is 0 Å². The molecule has 3 fully saturated rings. The van der Waals surface area contributed by atoms with E-state index in [1.54, 1.807) is 0 Å². The van der Waals surface area contributed by atoms with E-state index in [9.17, 15) is 4.79 Å². The number of amides is 1. The van der Waals surface area contributed by atoms with Crippen molar-refractivity contribution in [3.63, 3.8) is 0 Å². The van der Waals surface area contributed by atoms with Gasteiger partial charge in [0.25, 0.3) is 0 Å². The fourth-order valence-electron chi connectivity index (χ4n) is 4.89. The highest BCUT2D eigenvalue weighted by Crippen LogP contribution is 2.27. The molecule has 0 bridgehead atoms. The molecule has 26 heavy (non-hydrogen) atoms. The van der Waals surface area contributed by atoms with Crippen LogP contribution in [0.1, 0.15) is 57.8 Å². The molecule has 0 atom stereocenters. The van der Waals surface area contributed by atoms with Gasteiger partial charge in [0.15, 0.2) is 0 Å². The summed E-state index contributed by atoms with van der Waals surface area (Å²) >= 11 is 0. The van der Waals surface area contributed by atoms with Gasteiger partial charge in [-0.3, -0.25) is 9.69 Å². The van der Waals surface area contributed by atoms with E-state index in [0.717, 1.165) is 45.1 Å². The molecule has 5 heteroatoms. The van der Waals surface area contributed by atoms with Gasteiger partial charge in [-0.05, 0) is 31.7 Å². The zero-order chi connectivity index (χ0) is 17.8. The summed E-state index contributed by atoms with van der Waals surface area (Å²) in [5.74, 6) is 1.03. The second-order valence-electron chi connectivity index (χ2n) is 8.18. The first-order chi connectivity index (χ1) is 12.8. The van der Waals surface area contributed by atoms with Crippen LogP contribution in [0.4, 0.5) is 11.5 Å². The standard InChI is InChI=1S/C21H32N4O/c26-21(17-6-2-1-3-7-17)23-20-16-19(10-11-22-20)25-14-12-24(13-15-25)18-8-4-5-9-18/h10-11,16-18H,1-9,12-15H2,(H,22,23,26). The average Bonchev–Trinajstić information content (AvgIpc) is 3.24. The summed E-state index contributed by atoms with van der Waals surface area (Å²) in [6, 6.07) is 4.94. The van der Waals surface area contributed by atoms with Crippen LogP contribution in [0, 0.1) is 5.92 Å². The van der Waals surface area contributed by atoms with Gasteiger partial charge in [-0.2, -0.15) is 0 Å². The summed E-state index contributed by atoms with van der Waals surface area (Å²) in [4.78, 5) is 22.0. The van der Waals surface area contributed by atoms with Crippen LogP contribution >= 0.6 is 0 Å². The van der Waals surface area contributed by atoms with Crippen LogP contribution in [0.15, 0.2) is 18.3 Å². The lowest BCUT2D eigenvalue weighted by Gasteiger charge is -2.39. The van der Waals surface area contributed by atoms with Gasteiger partial charge in [0.1, 0.15) is 5.82 Å². The SMILES string of the molecule is O=C(Nc1cc(N2CCN(C3CCCC3)CC2)ccn1)C1CCCCC1. The minimum Gasteiger partial charge on any atom is -0.369 e. The number of rotatable bonds is 4. The lowest BCUT2D eigenvalue weighted by molar-refractivity contribution is -0.120. The second kappa shape index (κ2) is 8.38. The maximum Gasteiger partial charge on any atom is 0.228 e. The number of anilines is 2. The molecule has 0 unspecified atom stereocenters. The van der Waals surface area contributed by atoms with Crippen molar-refractivity contribution in [3.05, 3.63) is 18.3 Å². The van der Waals surface area contributed by atoms with Gasteiger partial charge in [0.05, 0.1) is 0 Å². The largest absolute Gasteiger partial charge is 0.369 e. The van der Waals surface area contributed by atoms with Gasteiger partial charge in [-0.15, -0.1) is 0 Å². The maximum absolute atomic E-state index is 12.5. The van der Waals surface area contributed by atoms with Crippen LogP contribution < -0.4 is 10.2 Å². The number of pyridine rings is 1. The number of hydrogen-bond acceptors (Lipinski definition) is 4. The molecule has 0 radical (unpaired) electrons. The van der Waals surface area contributed by atoms with Gasteiger partial charge < -0.3 is 10.2 Å². The Morgan fingerprint density at radius 1 is 0.962 bits per heavy atom. The fraction of sp³-hybridized carbons (Fsp3) is 0.714. The first kappa shape index (κ1) is 17.8. The van der Waals surface area contributed by atoms with Crippen molar-refractivity contribution in [1.82, 2.24) is 9.88 Å². The van der Waals surface area contributed by atoms with Crippen molar-refractivity contribution in [2.45, 2.75) is 63.8 Å². The number of aromatic nitrogens is 1. The lowest BCUT2D eigenvalue weighted by atomic mass is 9.89. The molecular weight excluding hydrogens is 324 g/mol. The minimum absolute atomic E-state index is 0.153. The summed E-state index contributed by atoms with van der Waals surface area (Å²) in [6.45, 7) is 4.43. The van der Waals surface area contributed by atoms with Crippen LogP contribution in [0.3, 0.4) is 0 Å². The second-order valence-corrected chi connectivity index (χ2v) is 8.18. The minimum atomic E-state index is 0.153. The summed E-state index contributed by atoms with van der Waals surface area (Å²) in [5, 5.41) is 3.06. The Morgan fingerprint density at radius 3 is 2.38 bits per heavy atom. The fourth-order valence-corrected chi connectivity index (χ4v) is 4.89. The molecule has 1 aliphatic heterocycles. The number of nitrogens with zero attached hydrogens (tertiary/aromatic N) is 3. The first-order valence-corrected chi connectivity index (χ1v) is 10.6. The molecule has 0 spiro atoms. The molecular formula is C21H32N4O. The molecule has 142 valence electrons. The van der Waals surface area contributed by atoms with Crippen LogP contribution in [-0.4, -0.2) is 48.0 Å². The quantitative estimate of drug-likeness (QED) is 0.894. The first-order valence-electron chi connectivity index (χ1n) is 10.6. The highest BCUT2D eigenvalue weighted by Gasteiger charge is 2.26. The predicted molar refractivity (Wildman–Crippen MR) is 105 cm³/mol. The molecule has 1 saturated heterocycles. The highest BCUT2D eigenvalue weighted by atomic mass is 16.1. The third-order valence-corrected chi connectivity index (χ3v) is 6.49. The van der Waals surface area contributed by atoms with Crippen molar-refractivity contribution >= 4 is 17.4 Å². The number of piperazine rings is 1. The zero-order valence-electron chi connectivity index (χ0n) is 15.8. The topological polar surface area (TPSA) is 48.5 Å². The van der Waals surface area contributed by atoms with Crippen LogP contribution in [0.5, 0.6) is 0 Å². The Balaban J connectivity index is 1.33. The molecule has 1 amide bonds. The van der Waals surface area contributed by atoms with Crippen molar-refractivity contribution in [2.24, 2.45) is 5.92 Å². The van der Waals surface area contributed by atoms with Gasteiger partial charge in [-0.25, -0.2) is 4.98 Å². The Kier molecular flexibility index (Phi) is 5.73. The van der Waals surface area contributed by atoms with E-state index in [2.05, 4.69) is 26.2 Å². The normalized spacial score (nSPS) is 23.3. The molecule has 1 aromatic heterocycles. The monoisotopic (exact) mass is 356 g/mol. The van der Waals surface area contributed by atoms with Crippen LogP contribution in [0.2, 0.25) is 0 Å². The molecule has 5 nitrogen and oxygen atoms in total. The van der Waals surface area contributed by atoms with Crippen molar-refractivity contribution in [3.8, 4) is 0 Å². The Bertz CT molecular complexity index is 600. The highest BCUT2D eigenvalue weighted by molar-refractivity contribution is 5.92. The lowest BCUT2D eigenvalue weighted by Crippen LogP contribution is -2.49. The molecule has 2 aliphatic carbocycles. The molecule has 1 N–H and O–H groups in total. The molecule has 2 heterocycles. The number of carbonyl (C=O) groups excluding carboxylic acids is 1. The average molecular weight is 357 g/mol. The Hall–Kier alpha value is -1.62. The smallest absolute Gasteiger partial charge is 0.228 e. The van der Waals surface area contributed by atoms with E-state index in [1.807, 2.05) is 12.3 Å². The van der Waals surface area contributed by atoms with E-state index in [0.29, 0.717) is 5.82 Å². The summed E-state index contributed by atoms with van der Waals surface area (Å²) in [7, 11) is 0. The van der Waals surface area contributed by atoms with E-state index in [-0.39, 0.29) is 11.8 Å². The zero-order valence-corrected chi connectivity index (χ0v) is 15.8. The third-order valence-electron chi connectivity index (χ3n) is 6.49. The molecule has 2 saturated carbocycles. The molecule has 1 aromatic rings. The predicted octanol–water partition coefficient (Wildman–Crippen LogP) is 3.67. The van der Waals surface area contributed by atoms with E-state index in [4.69, 9.17) is 0 Å². The van der Waals surface area contributed by atoms with E-state index in [1.165, 1.54) is 50.6 Å². The summed E-state index contributed by atoms with van der Waals surface area (Å²) in [6.07, 6.45) is 13.1. The Morgan fingerprint density at radius 2 is 1.65 bits per heavy atom. The summed E-state index contributed by atoms with van der Waals surface area (Å²) < 4.78 is 0. The van der Waals surface area contributed by atoms with E-state index < -0.39 is 0 Å². The van der Waals surface area contributed by atoms with Crippen molar-refractivity contribution in [2.75, 3.05) is 36.4 Å². The number of carbonyl (C=O) groups is 1. The maximum atomic E-state index is 12.5. The van der Waals surface area contributed by atoms with Gasteiger partial charge in [0, 0.05) is 56.1 Å². The number of hydrogen-bond donors (Lipinski definition) is 1. The third kappa shape index (κ3) is 4.20. The molecule has 0 aromatic carbocycles. The number of nitrogens with one attached hydrogen (secondary N) is 1.